The summed E-state index contributed by atoms with van der Waals surface area (Å²) in [5.74, 6) is 0.878. The Labute approximate surface area is 293 Å². The maximum atomic E-state index is 13.6. The van der Waals surface area contributed by atoms with Crippen LogP contribution in [0.4, 0.5) is 22.1 Å². The van der Waals surface area contributed by atoms with Crippen LogP contribution in [0.15, 0.2) is 42.6 Å². The molecule has 0 unspecified atom stereocenters. The highest BCUT2D eigenvalue weighted by molar-refractivity contribution is 7.70. The Kier molecular flexibility index (Phi) is 10.5. The average molecular weight is 706 g/mol. The Balaban J connectivity index is 1.80. The lowest BCUT2D eigenvalue weighted by Gasteiger charge is -2.39. The predicted molar refractivity (Wildman–Crippen MR) is 201 cm³/mol. The molecule has 0 radical (unpaired) electrons. The van der Waals surface area contributed by atoms with Crippen LogP contribution in [0.25, 0.3) is 11.3 Å². The van der Waals surface area contributed by atoms with Gasteiger partial charge in [0, 0.05) is 35.6 Å². The number of nitrogens with zero attached hydrogens (tertiary/aromatic N) is 4. The van der Waals surface area contributed by atoms with Crippen molar-refractivity contribution in [3.63, 3.8) is 0 Å². The van der Waals surface area contributed by atoms with E-state index in [4.69, 9.17) is 18.9 Å². The maximum Gasteiger partial charge on any atom is 0.414 e. The summed E-state index contributed by atoms with van der Waals surface area (Å²) < 4.78 is 31.4. The Morgan fingerprint density at radius 3 is 2.37 bits per heavy atom. The lowest BCUT2D eigenvalue weighted by molar-refractivity contribution is 0.0575. The van der Waals surface area contributed by atoms with Crippen LogP contribution < -0.4 is 20.3 Å². The molecule has 0 saturated carbocycles. The number of rotatable bonds is 9. The standard InChI is InChI=1S/C37H52N5O5PSi/c1-24(2)46-31-20-27(48(10,11)44)14-15-30(31)41-33-39-17-16-29(40-33)25-18-26(21-38)32-28(19-25)37(9,23-45-49(12,13)36(6,7)8)22-42(32)34(43)47-35(3,4)5/h14-20,24H,22-23H2,1-13H3,(H,39,40,41)/t37-/m1/s1. The number of aromatic nitrogens is 2. The number of ether oxygens (including phenoxy) is 2. The molecule has 0 spiro atoms. The summed E-state index contributed by atoms with van der Waals surface area (Å²) in [6.07, 6.45) is 1.04. The number of anilines is 3. The zero-order chi connectivity index (χ0) is 36.7. The molecule has 2 heterocycles. The first kappa shape index (κ1) is 38.1. The van der Waals surface area contributed by atoms with Gasteiger partial charge in [0.25, 0.3) is 0 Å². The molecule has 2 aromatic carbocycles. The number of benzene rings is 2. The van der Waals surface area contributed by atoms with Crippen molar-refractivity contribution in [3.05, 3.63) is 53.7 Å². The van der Waals surface area contributed by atoms with Gasteiger partial charge >= 0.3 is 6.09 Å². The molecular formula is C37H52N5O5PSi. The molecular weight excluding hydrogens is 653 g/mol. The van der Waals surface area contributed by atoms with Crippen molar-refractivity contribution in [3.8, 4) is 23.1 Å². The molecule has 1 atom stereocenters. The summed E-state index contributed by atoms with van der Waals surface area (Å²) in [5.41, 5.74) is 2.30. The third-order valence-corrected chi connectivity index (χ3v) is 15.0. The van der Waals surface area contributed by atoms with Crippen LogP contribution in [-0.4, -0.2) is 62.6 Å². The van der Waals surface area contributed by atoms with Gasteiger partial charge in [0.05, 0.1) is 28.7 Å². The van der Waals surface area contributed by atoms with Gasteiger partial charge in [-0.05, 0) is 108 Å². The van der Waals surface area contributed by atoms with Gasteiger partial charge in [-0.25, -0.2) is 14.8 Å². The van der Waals surface area contributed by atoms with Gasteiger partial charge in [0.1, 0.15) is 24.6 Å². The molecule has 1 aromatic heterocycles. The first-order valence-corrected chi connectivity index (χ1v) is 22.1. The fourth-order valence-corrected chi connectivity index (χ4v) is 7.26. The summed E-state index contributed by atoms with van der Waals surface area (Å²) in [6, 6.07) is 13.3. The molecule has 0 bridgehead atoms. The second-order valence-corrected chi connectivity index (χ2v) is 24.3. The van der Waals surface area contributed by atoms with Crippen molar-refractivity contribution in [1.82, 2.24) is 9.97 Å². The second kappa shape index (κ2) is 13.5. The summed E-state index contributed by atoms with van der Waals surface area (Å²) in [5, 5.41) is 14.4. The minimum atomic E-state index is -2.51. The van der Waals surface area contributed by atoms with Gasteiger partial charge in [0.15, 0.2) is 8.32 Å². The highest BCUT2D eigenvalue weighted by Crippen LogP contribution is 2.47. The zero-order valence-corrected chi connectivity index (χ0v) is 33.2. The number of fused-ring (bicyclic) bond motifs is 1. The van der Waals surface area contributed by atoms with Crippen LogP contribution in [0.3, 0.4) is 0 Å². The number of amides is 1. The van der Waals surface area contributed by atoms with E-state index in [0.29, 0.717) is 58.3 Å². The van der Waals surface area contributed by atoms with Crippen molar-refractivity contribution in [2.45, 2.75) is 97.6 Å². The summed E-state index contributed by atoms with van der Waals surface area (Å²) in [7, 11) is -4.67. The molecule has 12 heteroatoms. The number of hydrogen-bond acceptors (Lipinski definition) is 9. The van der Waals surface area contributed by atoms with Gasteiger partial charge in [-0.15, -0.1) is 0 Å². The van der Waals surface area contributed by atoms with Gasteiger partial charge in [-0.2, -0.15) is 5.26 Å². The van der Waals surface area contributed by atoms with E-state index >= 15 is 0 Å². The van der Waals surface area contributed by atoms with E-state index in [-0.39, 0.29) is 11.1 Å². The van der Waals surface area contributed by atoms with E-state index in [9.17, 15) is 14.6 Å². The molecule has 49 heavy (non-hydrogen) atoms. The molecule has 0 fully saturated rings. The van der Waals surface area contributed by atoms with Crippen LogP contribution in [0.5, 0.6) is 5.75 Å². The van der Waals surface area contributed by atoms with Gasteiger partial charge in [-0.1, -0.05) is 27.7 Å². The number of carbonyl (C=O) groups is 1. The fraction of sp³-hybridized carbons (Fsp3) is 0.514. The quantitative estimate of drug-likeness (QED) is 0.172. The Bertz CT molecular complexity index is 1820. The van der Waals surface area contributed by atoms with E-state index in [1.807, 2.05) is 52.8 Å². The largest absolute Gasteiger partial charge is 0.489 e. The lowest BCUT2D eigenvalue weighted by atomic mass is 9.83. The number of nitrogens with one attached hydrogen (secondary N) is 1. The van der Waals surface area contributed by atoms with Gasteiger partial charge in [0.2, 0.25) is 5.95 Å². The van der Waals surface area contributed by atoms with E-state index in [2.05, 4.69) is 57.2 Å². The molecule has 3 aromatic rings. The molecule has 264 valence electrons. The third kappa shape index (κ3) is 8.72. The predicted octanol–water partition coefficient (Wildman–Crippen LogP) is 8.83. The van der Waals surface area contributed by atoms with Crippen LogP contribution in [-0.2, 0) is 19.1 Å². The second-order valence-electron chi connectivity index (χ2n) is 16.3. The monoisotopic (exact) mass is 705 g/mol. The fourth-order valence-electron chi connectivity index (χ4n) is 5.28. The molecule has 1 N–H and O–H groups in total. The molecule has 1 aliphatic rings. The lowest BCUT2D eigenvalue weighted by Crippen LogP contribution is -2.46. The minimum absolute atomic E-state index is 0.00714. The van der Waals surface area contributed by atoms with E-state index in [1.54, 1.807) is 42.6 Å². The topological polar surface area (TPSA) is 127 Å². The van der Waals surface area contributed by atoms with Gasteiger partial charge < -0.3 is 23.8 Å². The summed E-state index contributed by atoms with van der Waals surface area (Å²) in [6.45, 7) is 26.6. The number of hydrogen-bond donors (Lipinski definition) is 1. The van der Waals surface area contributed by atoms with Crippen molar-refractivity contribution in [2.24, 2.45) is 0 Å². The molecule has 4 rings (SSSR count). The SMILES string of the molecule is CC(C)Oc1cc(P(C)(C)=O)ccc1Nc1nccc(-c2cc(C#N)c3c(c2)[C@@](C)(CO[Si](C)(C)C(C)(C)C)CN3C(=O)OC(C)(C)C)n1. The van der Waals surface area contributed by atoms with Crippen LogP contribution >= 0.6 is 7.14 Å². The maximum absolute atomic E-state index is 13.6. The molecule has 0 aliphatic carbocycles. The minimum Gasteiger partial charge on any atom is -0.489 e. The normalized spacial score (nSPS) is 16.7. The third-order valence-electron chi connectivity index (χ3n) is 8.98. The van der Waals surface area contributed by atoms with E-state index < -0.39 is 32.6 Å². The number of nitriles is 1. The Hall–Kier alpha value is -3.71. The van der Waals surface area contributed by atoms with Crippen molar-refractivity contribution in [1.29, 1.82) is 5.26 Å². The Morgan fingerprint density at radius 2 is 1.80 bits per heavy atom. The molecule has 1 aliphatic heterocycles. The molecule has 1 amide bonds. The van der Waals surface area contributed by atoms with E-state index in [1.165, 1.54) is 0 Å². The summed E-state index contributed by atoms with van der Waals surface area (Å²) in [4.78, 5) is 24.5. The van der Waals surface area contributed by atoms with Crippen LogP contribution in [0, 0.1) is 11.3 Å². The van der Waals surface area contributed by atoms with Crippen molar-refractivity contribution >= 4 is 44.2 Å². The molecule has 10 nitrogen and oxygen atoms in total. The molecule has 0 saturated heterocycles. The highest BCUT2D eigenvalue weighted by atomic mass is 31.2. The zero-order valence-electron chi connectivity index (χ0n) is 31.3. The smallest absolute Gasteiger partial charge is 0.414 e. The Morgan fingerprint density at radius 1 is 1.12 bits per heavy atom. The average Bonchev–Trinajstić information content (AvgIpc) is 3.27. The number of carbonyl (C=O) groups excluding carboxylic acids is 1. The first-order valence-electron chi connectivity index (χ1n) is 16.6. The first-order chi connectivity index (χ1) is 22.4. The van der Waals surface area contributed by atoms with Crippen molar-refractivity contribution in [2.75, 3.05) is 36.7 Å². The summed E-state index contributed by atoms with van der Waals surface area (Å²) >= 11 is 0. The van der Waals surface area contributed by atoms with Crippen LogP contribution in [0.2, 0.25) is 18.1 Å². The highest BCUT2D eigenvalue weighted by Gasteiger charge is 2.47. The van der Waals surface area contributed by atoms with Crippen LogP contribution in [0.1, 0.15) is 73.4 Å². The van der Waals surface area contributed by atoms with Crippen molar-refractivity contribution < 1.29 is 23.3 Å². The van der Waals surface area contributed by atoms with E-state index in [0.717, 1.165) is 5.56 Å². The van der Waals surface area contributed by atoms with Gasteiger partial charge in [-0.3, -0.25) is 4.90 Å².